The van der Waals surface area contributed by atoms with E-state index >= 15 is 0 Å². The average molecular weight is 336 g/mol. The first-order valence-electron chi connectivity index (χ1n) is 7.08. The van der Waals surface area contributed by atoms with E-state index in [4.69, 9.17) is 4.74 Å². The maximum absolute atomic E-state index is 6.10. The Morgan fingerprint density at radius 1 is 0.938 bits per heavy atom. The molecular weight excluding hydrogens is 311 g/mol. The lowest BCUT2D eigenvalue weighted by Gasteiger charge is -2.24. The Balaban J connectivity index is 1.48. The monoisotopic (exact) mass is 336 g/mol. The van der Waals surface area contributed by atoms with Gasteiger partial charge in [-0.1, -0.05) is 54.7 Å². The number of rotatable bonds is 8. The van der Waals surface area contributed by atoms with Crippen molar-refractivity contribution in [3.63, 3.8) is 0 Å². The molecule has 2 heterocycles. The number of ether oxygens (including phenoxy) is 1. The van der Waals surface area contributed by atoms with E-state index in [0.717, 1.165) is 0 Å². The molecule has 0 atom stereocenters. The maximum atomic E-state index is 6.10. The van der Waals surface area contributed by atoms with Crippen molar-refractivity contribution in [3.05, 3.63) is 0 Å². The maximum Gasteiger partial charge on any atom is 0.0688 e. The van der Waals surface area contributed by atoms with E-state index < -0.39 is 0 Å². The molecule has 0 saturated carbocycles. The molecule has 2 saturated heterocycles. The van der Waals surface area contributed by atoms with Gasteiger partial charge < -0.3 is 4.74 Å². The highest BCUT2D eigenvalue weighted by atomic mass is 127. The van der Waals surface area contributed by atoms with E-state index in [1.165, 1.54) is 75.1 Å². The van der Waals surface area contributed by atoms with Crippen LogP contribution in [0.5, 0.6) is 0 Å². The van der Waals surface area contributed by atoms with E-state index in [1.54, 1.807) is 0 Å². The van der Waals surface area contributed by atoms with Crippen molar-refractivity contribution in [2.45, 2.75) is 82.3 Å². The van der Waals surface area contributed by atoms with Crippen molar-refractivity contribution in [2.24, 2.45) is 0 Å². The molecule has 0 aromatic carbocycles. The predicted molar refractivity (Wildman–Crippen MR) is 77.3 cm³/mol. The first kappa shape index (κ1) is 13.1. The first-order chi connectivity index (χ1) is 7.85. The van der Waals surface area contributed by atoms with Gasteiger partial charge in [0, 0.05) is 0 Å². The summed E-state index contributed by atoms with van der Waals surface area (Å²) in [5, 5.41) is 0. The van der Waals surface area contributed by atoms with Crippen LogP contribution in [0.15, 0.2) is 0 Å². The second-order valence-electron chi connectivity index (χ2n) is 5.56. The van der Waals surface area contributed by atoms with Gasteiger partial charge in [0.1, 0.15) is 0 Å². The van der Waals surface area contributed by atoms with Crippen molar-refractivity contribution < 1.29 is 4.74 Å². The van der Waals surface area contributed by atoms with Gasteiger partial charge in [0.15, 0.2) is 0 Å². The molecule has 2 aliphatic heterocycles. The number of alkyl halides is 1. The van der Waals surface area contributed by atoms with Crippen LogP contribution < -0.4 is 0 Å². The van der Waals surface area contributed by atoms with Gasteiger partial charge in [-0.05, 0) is 43.0 Å². The Bertz CT molecular complexity index is 197. The van der Waals surface area contributed by atoms with E-state index in [9.17, 15) is 0 Å². The number of unbranched alkanes of at least 4 members (excludes halogenated alkanes) is 5. The zero-order valence-electron chi connectivity index (χ0n) is 10.3. The Labute approximate surface area is 114 Å². The molecule has 2 aliphatic rings. The van der Waals surface area contributed by atoms with Crippen LogP contribution >= 0.6 is 22.6 Å². The fourth-order valence-corrected chi connectivity index (χ4v) is 3.80. The van der Waals surface area contributed by atoms with Gasteiger partial charge in [-0.2, -0.15) is 0 Å². The van der Waals surface area contributed by atoms with Gasteiger partial charge >= 0.3 is 0 Å². The molecule has 0 aromatic rings. The molecular formula is C14H25IO. The van der Waals surface area contributed by atoms with E-state index in [-0.39, 0.29) is 0 Å². The third-order valence-corrected chi connectivity index (χ3v) is 5.04. The fraction of sp³-hybridized carbons (Fsp3) is 1.00. The first-order valence-corrected chi connectivity index (χ1v) is 8.61. The second-order valence-corrected chi connectivity index (χ2v) is 6.64. The third kappa shape index (κ3) is 3.59. The molecule has 0 N–H and O–H groups in total. The molecule has 0 spiro atoms. The fourth-order valence-electron chi connectivity index (χ4n) is 3.26. The van der Waals surface area contributed by atoms with Crippen LogP contribution in [0.1, 0.15) is 70.6 Å². The molecule has 94 valence electrons. The molecule has 0 radical (unpaired) electrons. The van der Waals surface area contributed by atoms with Crippen LogP contribution in [0, 0.1) is 0 Å². The highest BCUT2D eigenvalue weighted by Crippen LogP contribution is 2.46. The van der Waals surface area contributed by atoms with Gasteiger partial charge in [-0.15, -0.1) is 0 Å². The van der Waals surface area contributed by atoms with Crippen molar-refractivity contribution >= 4 is 22.6 Å². The summed E-state index contributed by atoms with van der Waals surface area (Å²) in [4.78, 5) is 0. The van der Waals surface area contributed by atoms with Gasteiger partial charge in [-0.3, -0.25) is 0 Å². The van der Waals surface area contributed by atoms with Crippen molar-refractivity contribution in [3.8, 4) is 0 Å². The van der Waals surface area contributed by atoms with Crippen LogP contribution in [0.3, 0.4) is 0 Å². The summed E-state index contributed by atoms with van der Waals surface area (Å²) in [6.07, 6.45) is 15.9. The number of fused-ring (bicyclic) bond motifs is 2. The topological polar surface area (TPSA) is 9.23 Å². The molecule has 0 aromatic heterocycles. The van der Waals surface area contributed by atoms with Gasteiger partial charge in [0.05, 0.1) is 11.7 Å². The van der Waals surface area contributed by atoms with E-state index in [2.05, 4.69) is 22.6 Å². The lowest BCUT2D eigenvalue weighted by molar-refractivity contribution is 0.00523. The Hall–Kier alpha value is 0.690. The summed E-state index contributed by atoms with van der Waals surface area (Å²) < 4.78 is 7.43. The predicted octanol–water partition coefficient (Wildman–Crippen LogP) is 4.86. The minimum Gasteiger partial charge on any atom is -0.372 e. The standard InChI is InChI=1S/C14H25IO/c15-12-6-4-2-1-3-5-9-14-10-7-13(16-14)8-11-14/h13H,1-12H2. The number of halogens is 1. The van der Waals surface area contributed by atoms with Gasteiger partial charge in [-0.25, -0.2) is 0 Å². The minimum absolute atomic E-state index is 0.354. The van der Waals surface area contributed by atoms with Crippen molar-refractivity contribution in [2.75, 3.05) is 4.43 Å². The van der Waals surface area contributed by atoms with Crippen LogP contribution in [0.4, 0.5) is 0 Å². The molecule has 2 heteroatoms. The zero-order valence-corrected chi connectivity index (χ0v) is 12.5. The summed E-state index contributed by atoms with van der Waals surface area (Å²) in [6, 6.07) is 0. The minimum atomic E-state index is 0.354. The molecule has 0 amide bonds. The molecule has 2 fully saturated rings. The largest absolute Gasteiger partial charge is 0.372 e. The van der Waals surface area contributed by atoms with Crippen LogP contribution in [0.2, 0.25) is 0 Å². The van der Waals surface area contributed by atoms with Crippen molar-refractivity contribution in [1.29, 1.82) is 0 Å². The normalized spacial score (nSPS) is 32.4. The Morgan fingerprint density at radius 3 is 2.12 bits per heavy atom. The van der Waals surface area contributed by atoms with Crippen LogP contribution in [0.25, 0.3) is 0 Å². The van der Waals surface area contributed by atoms with E-state index in [0.29, 0.717) is 11.7 Å². The molecule has 0 aliphatic carbocycles. The highest BCUT2D eigenvalue weighted by molar-refractivity contribution is 14.1. The third-order valence-electron chi connectivity index (χ3n) is 4.28. The molecule has 1 nitrogen and oxygen atoms in total. The van der Waals surface area contributed by atoms with Crippen molar-refractivity contribution in [1.82, 2.24) is 0 Å². The number of hydrogen-bond acceptors (Lipinski definition) is 1. The quantitative estimate of drug-likeness (QED) is 0.349. The highest BCUT2D eigenvalue weighted by Gasteiger charge is 2.45. The van der Waals surface area contributed by atoms with Crippen LogP contribution in [-0.2, 0) is 4.74 Å². The number of hydrogen-bond donors (Lipinski definition) is 0. The summed E-state index contributed by atoms with van der Waals surface area (Å²) in [5.74, 6) is 0. The zero-order chi connectivity index (χ0) is 11.3. The SMILES string of the molecule is ICCCCCCCCC12CCC(CC1)O2. The Morgan fingerprint density at radius 2 is 1.56 bits per heavy atom. The lowest BCUT2D eigenvalue weighted by Crippen LogP contribution is -2.23. The Kier molecular flexibility index (Phi) is 5.40. The molecule has 2 bridgehead atoms. The summed E-state index contributed by atoms with van der Waals surface area (Å²) in [7, 11) is 0. The molecule has 2 rings (SSSR count). The summed E-state index contributed by atoms with van der Waals surface area (Å²) in [5.41, 5.74) is 0.354. The second kappa shape index (κ2) is 6.58. The average Bonchev–Trinajstić information content (AvgIpc) is 2.88. The smallest absolute Gasteiger partial charge is 0.0688 e. The summed E-state index contributed by atoms with van der Waals surface area (Å²) >= 11 is 2.48. The van der Waals surface area contributed by atoms with Gasteiger partial charge in [0.2, 0.25) is 0 Å². The molecule has 16 heavy (non-hydrogen) atoms. The van der Waals surface area contributed by atoms with Gasteiger partial charge in [0.25, 0.3) is 0 Å². The molecule has 0 unspecified atom stereocenters. The lowest BCUT2D eigenvalue weighted by atomic mass is 9.84. The van der Waals surface area contributed by atoms with E-state index in [1.807, 2.05) is 0 Å². The van der Waals surface area contributed by atoms with Crippen LogP contribution in [-0.4, -0.2) is 16.1 Å². The summed E-state index contributed by atoms with van der Waals surface area (Å²) in [6.45, 7) is 0.